The van der Waals surface area contributed by atoms with Crippen LogP contribution in [0.4, 0.5) is 0 Å². The first-order valence-corrected chi connectivity index (χ1v) is 8.47. The number of carbonyl (C=O) groups excluding carboxylic acids is 2. The summed E-state index contributed by atoms with van der Waals surface area (Å²) in [7, 11) is 3.18. The van der Waals surface area contributed by atoms with Gasteiger partial charge in [0.05, 0.1) is 6.54 Å². The SMILES string of the molecule is CC(=NCC(=O)CCSSCCC(N)=O)C(C)C. The summed E-state index contributed by atoms with van der Waals surface area (Å²) in [4.78, 5) is 26.2. The molecule has 6 heteroatoms. The fraction of sp³-hybridized carbons (Fsp3) is 0.750. The number of hydrogen-bond donors (Lipinski definition) is 1. The van der Waals surface area contributed by atoms with Crippen molar-refractivity contribution >= 4 is 39.0 Å². The zero-order valence-corrected chi connectivity index (χ0v) is 12.9. The van der Waals surface area contributed by atoms with Crippen LogP contribution in [0, 0.1) is 5.92 Å². The van der Waals surface area contributed by atoms with E-state index >= 15 is 0 Å². The molecule has 0 saturated heterocycles. The third-order valence-corrected chi connectivity index (χ3v) is 4.73. The minimum absolute atomic E-state index is 0.165. The third kappa shape index (κ3) is 10.7. The summed E-state index contributed by atoms with van der Waals surface area (Å²) < 4.78 is 0. The van der Waals surface area contributed by atoms with Crippen LogP contribution in [0.25, 0.3) is 0 Å². The molecule has 0 fully saturated rings. The van der Waals surface area contributed by atoms with Gasteiger partial charge in [0.2, 0.25) is 5.91 Å². The highest BCUT2D eigenvalue weighted by Gasteiger charge is 2.03. The van der Waals surface area contributed by atoms with E-state index in [1.54, 1.807) is 21.6 Å². The van der Waals surface area contributed by atoms with Gasteiger partial charge in [0.1, 0.15) is 0 Å². The Hall–Kier alpha value is -0.490. The van der Waals surface area contributed by atoms with Gasteiger partial charge in [-0.2, -0.15) is 0 Å². The highest BCUT2D eigenvalue weighted by atomic mass is 33.1. The average molecular weight is 290 g/mol. The quantitative estimate of drug-likeness (QED) is 0.381. The lowest BCUT2D eigenvalue weighted by molar-refractivity contribution is -0.118. The first-order chi connectivity index (χ1) is 8.43. The maximum absolute atomic E-state index is 11.5. The van der Waals surface area contributed by atoms with Crippen molar-refractivity contribution in [1.29, 1.82) is 0 Å². The molecule has 0 aromatic carbocycles. The van der Waals surface area contributed by atoms with Gasteiger partial charge in [0, 0.05) is 30.1 Å². The molecular formula is C12H22N2O2S2. The average Bonchev–Trinajstić information content (AvgIpc) is 2.29. The molecule has 0 saturated carbocycles. The van der Waals surface area contributed by atoms with Crippen LogP contribution >= 0.6 is 21.6 Å². The topological polar surface area (TPSA) is 72.5 Å². The monoisotopic (exact) mass is 290 g/mol. The number of nitrogens with two attached hydrogens (primary N) is 1. The molecule has 0 atom stereocenters. The molecule has 0 spiro atoms. The fourth-order valence-corrected chi connectivity index (χ4v) is 2.93. The predicted octanol–water partition coefficient (Wildman–Crippen LogP) is 2.32. The van der Waals surface area contributed by atoms with Crippen molar-refractivity contribution in [2.75, 3.05) is 18.1 Å². The molecule has 1 amide bonds. The Morgan fingerprint density at radius 3 is 2.22 bits per heavy atom. The van der Waals surface area contributed by atoms with E-state index in [1.807, 2.05) is 6.92 Å². The van der Waals surface area contributed by atoms with Gasteiger partial charge in [-0.05, 0) is 12.8 Å². The molecule has 0 aromatic heterocycles. The van der Waals surface area contributed by atoms with Crippen LogP contribution in [0.3, 0.4) is 0 Å². The number of aliphatic imine (C=N–C) groups is 1. The lowest BCUT2D eigenvalue weighted by Crippen LogP contribution is -2.10. The lowest BCUT2D eigenvalue weighted by atomic mass is 10.1. The highest BCUT2D eigenvalue weighted by molar-refractivity contribution is 8.76. The molecule has 0 heterocycles. The summed E-state index contributed by atoms with van der Waals surface area (Å²) in [5.41, 5.74) is 6.04. The van der Waals surface area contributed by atoms with Gasteiger partial charge in [-0.3, -0.25) is 14.6 Å². The Balaban J connectivity index is 3.54. The molecule has 4 nitrogen and oxygen atoms in total. The summed E-state index contributed by atoms with van der Waals surface area (Å²) in [5, 5.41) is 0. The molecule has 0 unspecified atom stereocenters. The number of nitrogens with zero attached hydrogens (tertiary/aromatic N) is 1. The molecule has 0 aromatic rings. The Kier molecular flexibility index (Phi) is 10.2. The molecule has 104 valence electrons. The Morgan fingerprint density at radius 1 is 1.17 bits per heavy atom. The van der Waals surface area contributed by atoms with Crippen molar-refractivity contribution in [2.24, 2.45) is 16.6 Å². The van der Waals surface area contributed by atoms with E-state index in [2.05, 4.69) is 18.8 Å². The second-order valence-corrected chi connectivity index (χ2v) is 6.96. The summed E-state index contributed by atoms with van der Waals surface area (Å²) in [6, 6.07) is 0. The molecule has 18 heavy (non-hydrogen) atoms. The van der Waals surface area contributed by atoms with Crippen LogP contribution in [0.2, 0.25) is 0 Å². The molecular weight excluding hydrogens is 268 g/mol. The minimum Gasteiger partial charge on any atom is -0.370 e. The maximum atomic E-state index is 11.5. The van der Waals surface area contributed by atoms with E-state index in [4.69, 9.17) is 5.73 Å². The number of primary amides is 1. The zero-order chi connectivity index (χ0) is 14.0. The van der Waals surface area contributed by atoms with Gasteiger partial charge in [-0.1, -0.05) is 35.4 Å². The first kappa shape index (κ1) is 17.5. The normalized spacial score (nSPS) is 11.9. The van der Waals surface area contributed by atoms with E-state index in [-0.39, 0.29) is 18.2 Å². The van der Waals surface area contributed by atoms with E-state index in [9.17, 15) is 9.59 Å². The fourth-order valence-electron chi connectivity index (χ4n) is 0.890. The van der Waals surface area contributed by atoms with Gasteiger partial charge in [-0.25, -0.2) is 0 Å². The van der Waals surface area contributed by atoms with Crippen LogP contribution in [0.15, 0.2) is 4.99 Å². The Morgan fingerprint density at radius 2 is 1.72 bits per heavy atom. The van der Waals surface area contributed by atoms with Crippen LogP contribution in [0.1, 0.15) is 33.6 Å². The Labute approximate surface area is 117 Å². The summed E-state index contributed by atoms with van der Waals surface area (Å²) >= 11 is 0. The lowest BCUT2D eigenvalue weighted by Gasteiger charge is -2.03. The van der Waals surface area contributed by atoms with Crippen molar-refractivity contribution in [3.63, 3.8) is 0 Å². The summed E-state index contributed by atoms with van der Waals surface area (Å²) in [6.45, 7) is 6.37. The highest BCUT2D eigenvalue weighted by Crippen LogP contribution is 2.22. The van der Waals surface area contributed by atoms with Gasteiger partial charge in [-0.15, -0.1) is 0 Å². The molecule has 2 N–H and O–H groups in total. The van der Waals surface area contributed by atoms with Gasteiger partial charge < -0.3 is 5.73 Å². The molecule has 0 bridgehead atoms. The number of rotatable bonds is 10. The zero-order valence-electron chi connectivity index (χ0n) is 11.3. The predicted molar refractivity (Wildman–Crippen MR) is 81.2 cm³/mol. The maximum Gasteiger partial charge on any atom is 0.218 e. The number of Topliss-reactive ketones (excluding diaryl/α,β-unsaturated/α-hetero) is 1. The van der Waals surface area contributed by atoms with Crippen molar-refractivity contribution in [3.8, 4) is 0 Å². The minimum atomic E-state index is -0.280. The van der Waals surface area contributed by atoms with E-state index in [1.165, 1.54) is 0 Å². The summed E-state index contributed by atoms with van der Waals surface area (Å²) in [6.07, 6.45) is 0.923. The molecule has 0 aliphatic heterocycles. The largest absolute Gasteiger partial charge is 0.370 e. The molecule has 0 aliphatic carbocycles. The first-order valence-electron chi connectivity index (χ1n) is 5.98. The van der Waals surface area contributed by atoms with Crippen LogP contribution in [0.5, 0.6) is 0 Å². The number of amides is 1. The number of hydrogen-bond acceptors (Lipinski definition) is 5. The van der Waals surface area contributed by atoms with Crippen LogP contribution in [-0.2, 0) is 9.59 Å². The third-order valence-electron chi connectivity index (χ3n) is 2.32. The van der Waals surface area contributed by atoms with E-state index < -0.39 is 0 Å². The molecule has 0 radical (unpaired) electrons. The standard InChI is InChI=1S/C12H22N2O2S2/c1-9(2)10(3)14-8-11(15)4-6-17-18-7-5-12(13)16/h9H,4-8H2,1-3H3,(H2,13,16). The van der Waals surface area contributed by atoms with Crippen molar-refractivity contribution in [1.82, 2.24) is 0 Å². The van der Waals surface area contributed by atoms with Gasteiger partial charge >= 0.3 is 0 Å². The van der Waals surface area contributed by atoms with Crippen molar-refractivity contribution in [2.45, 2.75) is 33.6 Å². The smallest absolute Gasteiger partial charge is 0.218 e. The Bertz CT molecular complexity index is 304. The van der Waals surface area contributed by atoms with Crippen LogP contribution in [-0.4, -0.2) is 35.5 Å². The van der Waals surface area contributed by atoms with Gasteiger partial charge in [0.15, 0.2) is 5.78 Å². The van der Waals surface area contributed by atoms with E-state index in [0.29, 0.717) is 24.5 Å². The van der Waals surface area contributed by atoms with E-state index in [0.717, 1.165) is 11.5 Å². The van der Waals surface area contributed by atoms with Crippen molar-refractivity contribution < 1.29 is 9.59 Å². The second kappa shape index (κ2) is 10.4. The molecule has 0 aliphatic rings. The number of ketones is 1. The number of carbonyl (C=O) groups is 2. The molecule has 0 rings (SSSR count). The van der Waals surface area contributed by atoms with Crippen LogP contribution < -0.4 is 5.73 Å². The summed E-state index contributed by atoms with van der Waals surface area (Å²) in [5.74, 6) is 1.75. The van der Waals surface area contributed by atoms with Gasteiger partial charge in [0.25, 0.3) is 0 Å². The van der Waals surface area contributed by atoms with Crippen molar-refractivity contribution in [3.05, 3.63) is 0 Å². The second-order valence-electron chi connectivity index (χ2n) is 4.26.